The first-order chi connectivity index (χ1) is 13.7. The average molecular weight is 391 g/mol. The van der Waals surface area contributed by atoms with Crippen molar-refractivity contribution in [1.29, 1.82) is 0 Å². The molecular weight excluding hydrogens is 372 g/mol. The molecule has 5 heteroatoms. The number of ether oxygens (including phenoxy) is 2. The first-order valence-corrected chi connectivity index (χ1v) is 9.62. The summed E-state index contributed by atoms with van der Waals surface area (Å²) in [5.41, 5.74) is 4.30. The van der Waals surface area contributed by atoms with Crippen LogP contribution in [-0.2, 0) is 0 Å². The van der Waals surface area contributed by atoms with Gasteiger partial charge in [0.2, 0.25) is 6.23 Å². The summed E-state index contributed by atoms with van der Waals surface area (Å²) in [4.78, 5) is 0. The van der Waals surface area contributed by atoms with Crippen molar-refractivity contribution in [2.75, 3.05) is 7.11 Å². The lowest BCUT2D eigenvalue weighted by molar-refractivity contribution is -0.0190. The summed E-state index contributed by atoms with van der Waals surface area (Å²) >= 11 is 6.28. The Labute approximate surface area is 169 Å². The second kappa shape index (κ2) is 6.88. The van der Waals surface area contributed by atoms with Crippen LogP contribution in [0.3, 0.4) is 0 Å². The number of halogens is 1. The van der Waals surface area contributed by atoms with Gasteiger partial charge < -0.3 is 9.47 Å². The molecule has 0 aliphatic carbocycles. The Kier molecular flexibility index (Phi) is 4.21. The average Bonchev–Trinajstić information content (AvgIpc) is 3.20. The molecule has 4 nitrogen and oxygen atoms in total. The molecule has 0 saturated heterocycles. The molecule has 5 rings (SSSR count). The highest BCUT2D eigenvalue weighted by Gasteiger charge is 2.41. The van der Waals surface area contributed by atoms with Gasteiger partial charge in [0.05, 0.1) is 18.9 Å². The van der Waals surface area contributed by atoms with E-state index in [9.17, 15) is 0 Å². The van der Waals surface area contributed by atoms with Crippen molar-refractivity contribution < 1.29 is 9.47 Å². The summed E-state index contributed by atoms with van der Waals surface area (Å²) in [7, 11) is 1.67. The molecule has 2 aliphatic heterocycles. The van der Waals surface area contributed by atoms with E-state index in [1.165, 1.54) is 0 Å². The van der Waals surface area contributed by atoms with Gasteiger partial charge in [-0.05, 0) is 48.0 Å². The molecular formula is C23H19ClN2O2. The summed E-state index contributed by atoms with van der Waals surface area (Å²) in [6.45, 7) is 0. The minimum atomic E-state index is -0.300. The molecule has 0 bridgehead atoms. The van der Waals surface area contributed by atoms with Gasteiger partial charge in [0.25, 0.3) is 0 Å². The van der Waals surface area contributed by atoms with Gasteiger partial charge in [-0.3, -0.25) is 0 Å². The van der Waals surface area contributed by atoms with E-state index in [4.69, 9.17) is 26.2 Å². The fourth-order valence-electron chi connectivity index (χ4n) is 3.85. The Morgan fingerprint density at radius 3 is 2.57 bits per heavy atom. The smallest absolute Gasteiger partial charge is 0.213 e. The van der Waals surface area contributed by atoms with Crippen molar-refractivity contribution in [2.45, 2.75) is 18.7 Å². The van der Waals surface area contributed by atoms with Gasteiger partial charge in [0.15, 0.2) is 0 Å². The number of hydrogen-bond donors (Lipinski definition) is 0. The Morgan fingerprint density at radius 2 is 1.82 bits per heavy atom. The molecule has 0 radical (unpaired) electrons. The lowest BCUT2D eigenvalue weighted by Gasteiger charge is -2.38. The fourth-order valence-corrected chi connectivity index (χ4v) is 4.03. The van der Waals surface area contributed by atoms with Crippen LogP contribution >= 0.6 is 11.6 Å². The van der Waals surface area contributed by atoms with Gasteiger partial charge >= 0.3 is 0 Å². The van der Waals surface area contributed by atoms with Gasteiger partial charge in [0, 0.05) is 22.6 Å². The molecule has 3 aromatic carbocycles. The van der Waals surface area contributed by atoms with Crippen molar-refractivity contribution in [3.63, 3.8) is 0 Å². The van der Waals surface area contributed by atoms with E-state index in [0.29, 0.717) is 5.02 Å². The van der Waals surface area contributed by atoms with Crippen LogP contribution in [0.4, 0.5) is 0 Å². The molecule has 0 N–H and O–H groups in total. The third kappa shape index (κ3) is 2.90. The van der Waals surface area contributed by atoms with Crippen LogP contribution in [0.2, 0.25) is 5.02 Å². The number of methoxy groups -OCH3 is 1. The normalized spacial score (nSPS) is 20.1. The Hall–Kier alpha value is -2.98. The molecule has 0 aromatic heterocycles. The third-order valence-electron chi connectivity index (χ3n) is 5.26. The SMILES string of the molecule is COc1ccc([C@@H]2Oc3ccc(Cl)cc3[C@@H]3CC(c4ccccc4)=NN32)cc1. The Morgan fingerprint density at radius 1 is 1.04 bits per heavy atom. The number of hydrogen-bond acceptors (Lipinski definition) is 4. The lowest BCUT2D eigenvalue weighted by Crippen LogP contribution is -2.33. The van der Waals surface area contributed by atoms with Crippen molar-refractivity contribution in [3.8, 4) is 11.5 Å². The van der Waals surface area contributed by atoms with Crippen LogP contribution in [0.15, 0.2) is 77.9 Å². The maximum atomic E-state index is 6.36. The first kappa shape index (κ1) is 17.1. The molecule has 28 heavy (non-hydrogen) atoms. The van der Waals surface area contributed by atoms with Crippen LogP contribution < -0.4 is 9.47 Å². The molecule has 0 spiro atoms. The third-order valence-corrected chi connectivity index (χ3v) is 5.49. The zero-order valence-electron chi connectivity index (χ0n) is 15.4. The highest BCUT2D eigenvalue weighted by Crippen LogP contribution is 2.48. The van der Waals surface area contributed by atoms with Crippen LogP contribution in [0.25, 0.3) is 0 Å². The van der Waals surface area contributed by atoms with E-state index in [-0.39, 0.29) is 12.3 Å². The van der Waals surface area contributed by atoms with Crippen molar-refractivity contribution in [1.82, 2.24) is 5.01 Å². The van der Waals surface area contributed by atoms with E-state index in [2.05, 4.69) is 17.1 Å². The van der Waals surface area contributed by atoms with Gasteiger partial charge in [-0.15, -0.1) is 0 Å². The molecule has 2 atom stereocenters. The monoisotopic (exact) mass is 390 g/mol. The highest BCUT2D eigenvalue weighted by atomic mass is 35.5. The fraction of sp³-hybridized carbons (Fsp3) is 0.174. The molecule has 0 amide bonds. The van der Waals surface area contributed by atoms with Crippen LogP contribution in [0.5, 0.6) is 11.5 Å². The molecule has 140 valence electrons. The van der Waals surface area contributed by atoms with E-state index in [1.54, 1.807) is 7.11 Å². The molecule has 2 heterocycles. The molecule has 0 unspecified atom stereocenters. The largest absolute Gasteiger partial charge is 0.497 e. The van der Waals surface area contributed by atoms with Gasteiger partial charge in [-0.25, -0.2) is 5.01 Å². The topological polar surface area (TPSA) is 34.1 Å². The summed E-state index contributed by atoms with van der Waals surface area (Å²) < 4.78 is 11.7. The highest BCUT2D eigenvalue weighted by molar-refractivity contribution is 6.30. The summed E-state index contributed by atoms with van der Waals surface area (Å²) in [6, 6.07) is 24.1. The zero-order chi connectivity index (χ0) is 19.1. The van der Waals surface area contributed by atoms with Crippen molar-refractivity contribution >= 4 is 17.3 Å². The van der Waals surface area contributed by atoms with Gasteiger partial charge in [-0.2, -0.15) is 5.10 Å². The quantitative estimate of drug-likeness (QED) is 0.584. The van der Waals surface area contributed by atoms with E-state index in [1.807, 2.05) is 60.7 Å². The molecule has 3 aromatic rings. The standard InChI is InChI=1S/C23H19ClN2O2/c1-27-18-10-7-16(8-11-18)23-26-21(19-13-17(24)9-12-22(19)28-23)14-20(25-26)15-5-3-2-4-6-15/h2-13,21,23H,14H2,1H3/t21-,23-/m0/s1. The van der Waals surface area contributed by atoms with E-state index in [0.717, 1.165) is 40.3 Å². The van der Waals surface area contributed by atoms with Crippen molar-refractivity contribution in [3.05, 3.63) is 94.5 Å². The van der Waals surface area contributed by atoms with Crippen LogP contribution in [0.1, 0.15) is 35.4 Å². The predicted molar refractivity (Wildman–Crippen MR) is 110 cm³/mol. The predicted octanol–water partition coefficient (Wildman–Crippen LogP) is 5.59. The number of nitrogens with zero attached hydrogens (tertiary/aromatic N) is 2. The summed E-state index contributed by atoms with van der Waals surface area (Å²) in [5, 5.41) is 7.73. The van der Waals surface area contributed by atoms with E-state index >= 15 is 0 Å². The Bertz CT molecular complexity index is 1030. The maximum Gasteiger partial charge on any atom is 0.213 e. The number of hydrazone groups is 1. The summed E-state index contributed by atoms with van der Waals surface area (Å²) in [6.07, 6.45) is 0.513. The first-order valence-electron chi connectivity index (χ1n) is 9.24. The zero-order valence-corrected chi connectivity index (χ0v) is 16.1. The minimum Gasteiger partial charge on any atom is -0.497 e. The molecule has 0 saturated carbocycles. The molecule has 0 fully saturated rings. The number of fused-ring (bicyclic) bond motifs is 3. The second-order valence-electron chi connectivity index (χ2n) is 6.94. The maximum absolute atomic E-state index is 6.36. The minimum absolute atomic E-state index is 0.0877. The van der Waals surface area contributed by atoms with Crippen LogP contribution in [-0.4, -0.2) is 17.8 Å². The number of rotatable bonds is 3. The Balaban J connectivity index is 1.59. The van der Waals surface area contributed by atoms with E-state index < -0.39 is 0 Å². The number of benzene rings is 3. The van der Waals surface area contributed by atoms with Gasteiger partial charge in [0.1, 0.15) is 11.5 Å². The summed E-state index contributed by atoms with van der Waals surface area (Å²) in [5.74, 6) is 1.68. The second-order valence-corrected chi connectivity index (χ2v) is 7.37. The lowest BCUT2D eigenvalue weighted by atomic mass is 9.96. The van der Waals surface area contributed by atoms with Crippen molar-refractivity contribution in [2.24, 2.45) is 5.10 Å². The van der Waals surface area contributed by atoms with Gasteiger partial charge in [-0.1, -0.05) is 41.9 Å². The van der Waals surface area contributed by atoms with Crippen LogP contribution in [0, 0.1) is 0 Å². The molecule has 2 aliphatic rings.